The molecular weight excluding hydrogens is 881 g/mol. The monoisotopic (exact) mass is 919 g/mol. The predicted octanol–water partition coefficient (Wildman–Crippen LogP) is 4.68. The molecule has 3 aliphatic heterocycles. The van der Waals surface area contributed by atoms with Crippen molar-refractivity contribution in [3.05, 3.63) is 134 Å². The van der Waals surface area contributed by atoms with Gasteiger partial charge in [-0.05, 0) is 64.6 Å². The van der Waals surface area contributed by atoms with Gasteiger partial charge < -0.3 is 54.2 Å². The van der Waals surface area contributed by atoms with E-state index in [4.69, 9.17) is 40.0 Å². The molecule has 3 saturated heterocycles. The van der Waals surface area contributed by atoms with E-state index in [0.717, 1.165) is 22.9 Å². The molecule has 4 aromatic rings. The number of halogens is 2. The molecule has 16 heteroatoms. The molecule has 0 aromatic heterocycles. The number of amides is 1. The van der Waals surface area contributed by atoms with E-state index in [1.165, 1.54) is 0 Å². The van der Waals surface area contributed by atoms with Gasteiger partial charge in [-0.1, -0.05) is 78.3 Å². The average Bonchev–Trinajstić information content (AvgIpc) is 3.22. The number of fused-ring (bicyclic) bond motifs is 1. The van der Waals surface area contributed by atoms with Crippen LogP contribution in [0.2, 0.25) is 5.02 Å². The van der Waals surface area contributed by atoms with Gasteiger partial charge in [0.25, 0.3) is 5.91 Å². The first-order valence-corrected chi connectivity index (χ1v) is 20.3. The van der Waals surface area contributed by atoms with Crippen molar-refractivity contribution in [3.63, 3.8) is 0 Å². The lowest BCUT2D eigenvalue weighted by atomic mass is 9.96. The van der Waals surface area contributed by atoms with Gasteiger partial charge in [-0.25, -0.2) is 4.79 Å². The highest BCUT2D eigenvalue weighted by atomic mass is 127. The third-order valence-electron chi connectivity index (χ3n) is 9.54. The van der Waals surface area contributed by atoms with Gasteiger partial charge in [-0.15, -0.1) is 11.8 Å². The van der Waals surface area contributed by atoms with Gasteiger partial charge >= 0.3 is 5.97 Å². The van der Waals surface area contributed by atoms with Crippen molar-refractivity contribution >= 4 is 63.5 Å². The van der Waals surface area contributed by atoms with Crippen LogP contribution in [0.3, 0.4) is 0 Å². The number of aliphatic hydroxyl groups excluding tert-OH is 4. The van der Waals surface area contributed by atoms with Crippen molar-refractivity contribution < 1.29 is 58.4 Å². The molecular formula is C40H39ClINO12S. The van der Waals surface area contributed by atoms with Crippen molar-refractivity contribution in [3.8, 4) is 0 Å². The third kappa shape index (κ3) is 9.41. The van der Waals surface area contributed by atoms with E-state index in [2.05, 4.69) is 5.32 Å². The van der Waals surface area contributed by atoms with E-state index in [-0.39, 0.29) is 18.3 Å². The van der Waals surface area contributed by atoms with E-state index in [9.17, 15) is 30.0 Å². The summed E-state index contributed by atoms with van der Waals surface area (Å²) in [4.78, 5) is 26.0. The molecule has 296 valence electrons. The summed E-state index contributed by atoms with van der Waals surface area (Å²) in [6, 6.07) is 29.8. The van der Waals surface area contributed by atoms with Crippen LogP contribution >= 0.6 is 46.0 Å². The van der Waals surface area contributed by atoms with Crippen LogP contribution in [0.25, 0.3) is 0 Å². The molecule has 7 rings (SSSR count). The summed E-state index contributed by atoms with van der Waals surface area (Å²) in [6.07, 6.45) is -13.0. The Morgan fingerprint density at radius 2 is 1.55 bits per heavy atom. The maximum Gasteiger partial charge on any atom is 0.339 e. The quantitative estimate of drug-likeness (QED) is 0.104. The van der Waals surface area contributed by atoms with Gasteiger partial charge in [0.1, 0.15) is 60.9 Å². The zero-order valence-corrected chi connectivity index (χ0v) is 33.2. The summed E-state index contributed by atoms with van der Waals surface area (Å²) in [5.74, 6) is -0.732. The second kappa shape index (κ2) is 18.6. The average molecular weight is 920 g/mol. The minimum atomic E-state index is -1.64. The zero-order chi connectivity index (χ0) is 39.3. The highest BCUT2D eigenvalue weighted by molar-refractivity contribution is 14.1. The van der Waals surface area contributed by atoms with E-state index in [0.29, 0.717) is 25.4 Å². The van der Waals surface area contributed by atoms with Gasteiger partial charge in [-0.3, -0.25) is 4.79 Å². The Morgan fingerprint density at radius 3 is 2.30 bits per heavy atom. The van der Waals surface area contributed by atoms with Gasteiger partial charge in [0.05, 0.1) is 22.9 Å². The molecule has 0 bridgehead atoms. The summed E-state index contributed by atoms with van der Waals surface area (Å²) in [6.45, 7) is -0.410. The van der Waals surface area contributed by atoms with Crippen LogP contribution in [0.1, 0.15) is 38.1 Å². The van der Waals surface area contributed by atoms with Crippen molar-refractivity contribution in [2.75, 3.05) is 18.5 Å². The SMILES string of the molecule is O=C(Nc1cc(CS[C@@H]2O[C@H](COC(=O)c3ccccc3I)[C@@H](O[C@H]3O[C@@H]4COC(c5ccccc5)O[C@H]4[C@H](O)[C@H]3O)[C@H](O)[C@H]2O)ccc1Cl)c1ccccc1. The third-order valence-corrected chi connectivity index (χ3v) is 12.0. The molecule has 0 radical (unpaired) electrons. The van der Waals surface area contributed by atoms with E-state index >= 15 is 0 Å². The molecule has 5 N–H and O–H groups in total. The molecule has 56 heavy (non-hydrogen) atoms. The highest BCUT2D eigenvalue weighted by Gasteiger charge is 2.53. The smallest absolute Gasteiger partial charge is 0.339 e. The number of benzene rings is 4. The lowest BCUT2D eigenvalue weighted by molar-refractivity contribution is -0.377. The number of carbonyl (C=O) groups excluding carboxylic acids is 2. The minimum absolute atomic E-state index is 0.00196. The van der Waals surface area contributed by atoms with Crippen LogP contribution in [0.5, 0.6) is 0 Å². The lowest BCUT2D eigenvalue weighted by Crippen LogP contribution is -2.65. The standard InChI is InChI=1S/C40H39ClINO12S/c41-25-16-15-21(17-27(25)43-36(48)22-9-3-1-4-10-22)20-56-40-33(47)31(45)35(29(53-40)18-50-37(49)24-13-7-8-14-26(24)42)55-39-32(46)30(44)34-28(52-39)19-51-38(54-34)23-11-5-2-6-12-23/h1-17,28-35,38-40,44-47H,18-20H2,(H,43,48)/t28-,29-,30-,31-,32-,33-,34-,35-,38?,39-,40+/m1/s1. The van der Waals surface area contributed by atoms with Gasteiger partial charge in [-0.2, -0.15) is 0 Å². The fourth-order valence-corrected chi connectivity index (χ4v) is 8.44. The minimum Gasteiger partial charge on any atom is -0.459 e. The number of hydrogen-bond acceptors (Lipinski definition) is 13. The maximum atomic E-state index is 13.1. The number of hydrogen-bond donors (Lipinski definition) is 5. The Balaban J connectivity index is 1.05. The Bertz CT molecular complexity index is 1960. The summed E-state index contributed by atoms with van der Waals surface area (Å²) >= 11 is 9.58. The first-order valence-electron chi connectivity index (χ1n) is 17.8. The Kier molecular flexibility index (Phi) is 13.6. The first-order chi connectivity index (χ1) is 27.1. The summed E-state index contributed by atoms with van der Waals surface area (Å²) < 4.78 is 36.6. The molecule has 1 amide bonds. The number of nitrogens with one attached hydrogen (secondary N) is 1. The number of esters is 1. The lowest BCUT2D eigenvalue weighted by Gasteiger charge is -2.48. The fourth-order valence-electron chi connectivity index (χ4n) is 6.55. The molecule has 0 spiro atoms. The normalized spacial score (nSPS) is 30.2. The molecule has 0 saturated carbocycles. The summed E-state index contributed by atoms with van der Waals surface area (Å²) in [7, 11) is 0. The van der Waals surface area contributed by atoms with Gasteiger partial charge in [0, 0.05) is 20.4 Å². The highest BCUT2D eigenvalue weighted by Crippen LogP contribution is 2.38. The number of aliphatic hydroxyl groups is 4. The van der Waals surface area contributed by atoms with E-state index in [1.54, 1.807) is 66.7 Å². The molecule has 0 aliphatic carbocycles. The van der Waals surface area contributed by atoms with Crippen molar-refractivity contribution in [2.45, 2.75) is 72.6 Å². The van der Waals surface area contributed by atoms with Crippen molar-refractivity contribution in [1.82, 2.24) is 0 Å². The summed E-state index contributed by atoms with van der Waals surface area (Å²) in [5, 5.41) is 48.4. The first kappa shape index (κ1) is 41.0. The van der Waals surface area contributed by atoms with Crippen LogP contribution in [0.15, 0.2) is 103 Å². The molecule has 4 aromatic carbocycles. The van der Waals surface area contributed by atoms with Crippen molar-refractivity contribution in [1.29, 1.82) is 0 Å². The molecule has 13 nitrogen and oxygen atoms in total. The molecule has 3 aliphatic rings. The van der Waals surface area contributed by atoms with E-state index < -0.39 is 79.4 Å². The van der Waals surface area contributed by atoms with Gasteiger partial charge in [0.15, 0.2) is 12.6 Å². The van der Waals surface area contributed by atoms with Crippen LogP contribution in [-0.4, -0.2) is 106 Å². The number of rotatable bonds is 11. The largest absolute Gasteiger partial charge is 0.459 e. The topological polar surface area (TPSA) is 182 Å². The van der Waals surface area contributed by atoms with Crippen LogP contribution < -0.4 is 5.32 Å². The maximum absolute atomic E-state index is 13.1. The van der Waals surface area contributed by atoms with Crippen LogP contribution in [-0.2, 0) is 34.2 Å². The molecule has 11 atom stereocenters. The second-order valence-electron chi connectivity index (χ2n) is 13.3. The number of carbonyl (C=O) groups is 2. The second-order valence-corrected chi connectivity index (χ2v) is 16.0. The molecule has 1 unspecified atom stereocenters. The van der Waals surface area contributed by atoms with E-state index in [1.807, 2.05) is 59.0 Å². The Hall–Kier alpha value is -3.17. The van der Waals surface area contributed by atoms with Crippen LogP contribution in [0, 0.1) is 3.57 Å². The predicted molar refractivity (Wildman–Crippen MR) is 213 cm³/mol. The van der Waals surface area contributed by atoms with Crippen molar-refractivity contribution in [2.24, 2.45) is 0 Å². The Morgan fingerprint density at radius 1 is 0.839 bits per heavy atom. The number of thioether (sulfide) groups is 1. The molecule has 3 heterocycles. The fraction of sp³-hybridized carbons (Fsp3) is 0.350. The van der Waals surface area contributed by atoms with Crippen LogP contribution in [0.4, 0.5) is 5.69 Å². The number of anilines is 1. The van der Waals surface area contributed by atoms with Gasteiger partial charge in [0.2, 0.25) is 0 Å². The summed E-state index contributed by atoms with van der Waals surface area (Å²) in [5.41, 5.74) is 1.56. The molecule has 3 fully saturated rings. The Labute approximate surface area is 345 Å². The number of ether oxygens (including phenoxy) is 6. The zero-order valence-electron chi connectivity index (χ0n) is 29.5.